The minimum absolute atomic E-state index is 0.662. The number of benzene rings is 2. The van der Waals surface area contributed by atoms with Gasteiger partial charge >= 0.3 is 0 Å². The average molecular weight is 458 g/mol. The summed E-state index contributed by atoms with van der Waals surface area (Å²) < 4.78 is 17.3. The molecule has 0 spiro atoms. The predicted octanol–water partition coefficient (Wildman–Crippen LogP) is 5.78. The maximum absolute atomic E-state index is 6.08. The number of fused-ring (bicyclic) bond motifs is 1. The van der Waals surface area contributed by atoms with Crippen LogP contribution >= 0.6 is 0 Å². The van der Waals surface area contributed by atoms with E-state index >= 15 is 0 Å². The molecule has 2 aromatic heterocycles. The van der Waals surface area contributed by atoms with Gasteiger partial charge in [0.25, 0.3) is 0 Å². The Morgan fingerprint density at radius 1 is 0.853 bits per heavy atom. The molecule has 0 unspecified atom stereocenters. The van der Waals surface area contributed by atoms with Gasteiger partial charge in [0.15, 0.2) is 11.5 Å². The van der Waals surface area contributed by atoms with E-state index in [1.165, 1.54) is 32.4 Å². The summed E-state index contributed by atoms with van der Waals surface area (Å²) in [5, 5.41) is 1.04. The smallest absolute Gasteiger partial charge is 0.161 e. The summed E-state index contributed by atoms with van der Waals surface area (Å²) >= 11 is 0. The van der Waals surface area contributed by atoms with Gasteiger partial charge in [-0.2, -0.15) is 0 Å². The first-order chi connectivity index (χ1) is 16.8. The van der Waals surface area contributed by atoms with Crippen molar-refractivity contribution >= 4 is 11.0 Å². The molecule has 0 bridgehead atoms. The predicted molar refractivity (Wildman–Crippen MR) is 136 cm³/mol. The van der Waals surface area contributed by atoms with Gasteiger partial charge in [0.1, 0.15) is 18.0 Å². The number of para-hydroxylation sites is 1. The molecule has 4 aromatic rings. The molecule has 0 radical (unpaired) electrons. The molecule has 1 N–H and O–H groups in total. The van der Waals surface area contributed by atoms with Crippen molar-refractivity contribution in [3.05, 3.63) is 60.9 Å². The zero-order valence-corrected chi connectivity index (χ0v) is 19.8. The Balaban J connectivity index is 1.39. The lowest BCUT2D eigenvalue weighted by Crippen LogP contribution is -2.33. The molecule has 34 heavy (non-hydrogen) atoms. The number of hydrogen-bond acceptors (Lipinski definition) is 5. The van der Waals surface area contributed by atoms with Gasteiger partial charge in [0.2, 0.25) is 0 Å². The monoisotopic (exact) mass is 457 g/mol. The summed E-state index contributed by atoms with van der Waals surface area (Å²) in [6.07, 6.45) is 7.79. The number of nitrogens with one attached hydrogen (secondary N) is 1. The Morgan fingerprint density at radius 2 is 1.68 bits per heavy atom. The van der Waals surface area contributed by atoms with Crippen LogP contribution in [0, 0.1) is 0 Å². The maximum Gasteiger partial charge on any atom is 0.161 e. The molecular formula is C28H31N3O3. The van der Waals surface area contributed by atoms with Gasteiger partial charge in [0.05, 0.1) is 14.2 Å². The van der Waals surface area contributed by atoms with E-state index in [4.69, 9.17) is 14.2 Å². The molecule has 1 fully saturated rings. The van der Waals surface area contributed by atoms with Gasteiger partial charge in [-0.05, 0) is 55.8 Å². The number of nitrogens with zero attached hydrogens (tertiary/aromatic N) is 2. The summed E-state index contributed by atoms with van der Waals surface area (Å²) in [6.45, 7) is 3.95. The fourth-order valence-corrected chi connectivity index (χ4v) is 4.69. The van der Waals surface area contributed by atoms with E-state index in [1.807, 2.05) is 42.7 Å². The van der Waals surface area contributed by atoms with Gasteiger partial charge < -0.3 is 19.2 Å². The van der Waals surface area contributed by atoms with Crippen LogP contribution in [-0.4, -0.2) is 55.3 Å². The first-order valence-electron chi connectivity index (χ1n) is 11.9. The number of pyridine rings is 1. The Labute approximate surface area is 200 Å². The van der Waals surface area contributed by atoms with Crippen molar-refractivity contribution in [2.45, 2.75) is 19.3 Å². The molecule has 5 rings (SSSR count). The first kappa shape index (κ1) is 22.3. The third kappa shape index (κ3) is 4.59. The normalized spacial score (nSPS) is 14.3. The number of piperidine rings is 1. The fourth-order valence-electron chi connectivity index (χ4n) is 4.69. The van der Waals surface area contributed by atoms with Crippen LogP contribution in [0.3, 0.4) is 0 Å². The Kier molecular flexibility index (Phi) is 6.67. The number of methoxy groups -OCH3 is 2. The molecule has 176 valence electrons. The molecule has 0 atom stereocenters. The maximum atomic E-state index is 6.08. The number of hydrogen-bond donors (Lipinski definition) is 1. The van der Waals surface area contributed by atoms with Crippen LogP contribution in [0.2, 0.25) is 0 Å². The number of rotatable bonds is 8. The average Bonchev–Trinajstić information content (AvgIpc) is 3.32. The SMILES string of the molecule is COc1cc(-c2cnc3[nH]cc(-c4ccccc4OC)c3c2)ccc1OCCN1CCCCC1. The minimum atomic E-state index is 0.662. The molecular weight excluding hydrogens is 426 g/mol. The molecule has 6 heteroatoms. The number of aromatic amines is 1. The Bertz CT molecular complexity index is 1260. The zero-order chi connectivity index (χ0) is 23.3. The Hall–Kier alpha value is -3.51. The minimum Gasteiger partial charge on any atom is -0.496 e. The van der Waals surface area contributed by atoms with E-state index in [2.05, 4.69) is 33.1 Å². The quantitative estimate of drug-likeness (QED) is 0.363. The second-order valence-electron chi connectivity index (χ2n) is 8.64. The lowest BCUT2D eigenvalue weighted by molar-refractivity contribution is 0.180. The largest absolute Gasteiger partial charge is 0.496 e. The van der Waals surface area contributed by atoms with Crippen LogP contribution in [0.1, 0.15) is 19.3 Å². The summed E-state index contributed by atoms with van der Waals surface area (Å²) in [5.74, 6) is 2.34. The molecule has 1 aliphatic rings. The summed E-state index contributed by atoms with van der Waals surface area (Å²) in [7, 11) is 3.38. The lowest BCUT2D eigenvalue weighted by atomic mass is 10.0. The highest BCUT2D eigenvalue weighted by Crippen LogP contribution is 2.37. The summed E-state index contributed by atoms with van der Waals surface area (Å²) in [4.78, 5) is 10.4. The Morgan fingerprint density at radius 3 is 2.50 bits per heavy atom. The molecule has 1 saturated heterocycles. The van der Waals surface area contributed by atoms with E-state index in [1.54, 1.807) is 14.2 Å². The van der Waals surface area contributed by atoms with Crippen LogP contribution in [0.5, 0.6) is 17.2 Å². The van der Waals surface area contributed by atoms with Crippen molar-refractivity contribution in [3.63, 3.8) is 0 Å². The molecule has 2 aromatic carbocycles. The van der Waals surface area contributed by atoms with Crippen LogP contribution in [0.4, 0.5) is 0 Å². The molecule has 0 amide bonds. The van der Waals surface area contributed by atoms with Crippen molar-refractivity contribution in [2.75, 3.05) is 40.5 Å². The highest BCUT2D eigenvalue weighted by Gasteiger charge is 2.14. The second kappa shape index (κ2) is 10.2. The number of H-pyrrole nitrogens is 1. The third-order valence-corrected chi connectivity index (χ3v) is 6.54. The molecule has 0 aliphatic carbocycles. The van der Waals surface area contributed by atoms with Gasteiger partial charge in [-0.25, -0.2) is 4.98 Å². The van der Waals surface area contributed by atoms with Gasteiger partial charge in [0, 0.05) is 41.0 Å². The number of likely N-dealkylation sites (tertiary alicyclic amines) is 1. The van der Waals surface area contributed by atoms with Crippen molar-refractivity contribution in [3.8, 4) is 39.5 Å². The van der Waals surface area contributed by atoms with E-state index in [0.29, 0.717) is 6.61 Å². The summed E-state index contributed by atoms with van der Waals surface area (Å²) in [6, 6.07) is 16.3. The van der Waals surface area contributed by atoms with Crippen LogP contribution in [0.15, 0.2) is 60.9 Å². The number of aromatic nitrogens is 2. The van der Waals surface area contributed by atoms with Gasteiger partial charge in [-0.15, -0.1) is 0 Å². The zero-order valence-electron chi connectivity index (χ0n) is 19.8. The van der Waals surface area contributed by atoms with E-state index < -0.39 is 0 Å². The standard InChI is InChI=1S/C28H31N3O3/c1-32-25-9-5-4-8-22(25)24-19-30-28-23(24)16-21(18-29-28)20-10-11-26(27(17-20)33-2)34-15-14-31-12-6-3-7-13-31/h4-5,8-11,16-19H,3,6-7,12-15H2,1-2H3,(H,29,30). The number of ether oxygens (including phenoxy) is 3. The van der Waals surface area contributed by atoms with Gasteiger partial charge in [-0.3, -0.25) is 4.90 Å². The fraction of sp³-hybridized carbons (Fsp3) is 0.321. The summed E-state index contributed by atoms with van der Waals surface area (Å²) in [5.41, 5.74) is 4.98. The molecule has 1 aliphatic heterocycles. The molecule has 6 nitrogen and oxygen atoms in total. The molecule has 0 saturated carbocycles. The molecule has 3 heterocycles. The third-order valence-electron chi connectivity index (χ3n) is 6.54. The van der Waals surface area contributed by atoms with Crippen molar-refractivity contribution in [1.82, 2.24) is 14.9 Å². The van der Waals surface area contributed by atoms with Crippen molar-refractivity contribution in [2.24, 2.45) is 0 Å². The van der Waals surface area contributed by atoms with E-state index in [9.17, 15) is 0 Å². The van der Waals surface area contributed by atoms with Gasteiger partial charge in [-0.1, -0.05) is 30.7 Å². The highest BCUT2D eigenvalue weighted by molar-refractivity contribution is 5.97. The lowest BCUT2D eigenvalue weighted by Gasteiger charge is -2.26. The van der Waals surface area contributed by atoms with Crippen LogP contribution in [0.25, 0.3) is 33.3 Å². The van der Waals surface area contributed by atoms with Crippen molar-refractivity contribution in [1.29, 1.82) is 0 Å². The van der Waals surface area contributed by atoms with Crippen LogP contribution in [-0.2, 0) is 0 Å². The highest BCUT2D eigenvalue weighted by atomic mass is 16.5. The topological polar surface area (TPSA) is 59.6 Å². The second-order valence-corrected chi connectivity index (χ2v) is 8.64. The van der Waals surface area contributed by atoms with Crippen molar-refractivity contribution < 1.29 is 14.2 Å². The van der Waals surface area contributed by atoms with Crippen LogP contribution < -0.4 is 14.2 Å². The van der Waals surface area contributed by atoms with E-state index in [0.717, 1.165) is 57.1 Å². The first-order valence-corrected chi connectivity index (χ1v) is 11.9. The van der Waals surface area contributed by atoms with E-state index in [-0.39, 0.29) is 0 Å².